The number of nitro benzene ring substituents is 1. The average molecular weight is 401 g/mol. The van der Waals surface area contributed by atoms with E-state index in [1.807, 2.05) is 59.6 Å². The number of hydrazone groups is 1. The predicted molar refractivity (Wildman–Crippen MR) is 112 cm³/mol. The minimum Gasteiger partial charge on any atom is -0.497 e. The molecule has 7 heteroatoms. The van der Waals surface area contributed by atoms with Crippen LogP contribution in [0.5, 0.6) is 11.5 Å². The van der Waals surface area contributed by atoms with Crippen molar-refractivity contribution >= 4 is 11.4 Å². The highest BCUT2D eigenvalue weighted by Gasteiger charge is 2.41. The molecule has 0 spiro atoms. The molecule has 3 aromatic rings. The lowest BCUT2D eigenvalue weighted by atomic mass is 9.95. The van der Waals surface area contributed by atoms with E-state index in [1.54, 1.807) is 19.2 Å². The van der Waals surface area contributed by atoms with Crippen LogP contribution in [0.25, 0.3) is 0 Å². The van der Waals surface area contributed by atoms with Gasteiger partial charge in [0.05, 0.1) is 23.8 Å². The van der Waals surface area contributed by atoms with Gasteiger partial charge < -0.3 is 9.47 Å². The maximum Gasteiger partial charge on any atom is 0.270 e. The first-order chi connectivity index (χ1) is 14.6. The molecule has 0 aliphatic carbocycles. The maximum absolute atomic E-state index is 11.3. The monoisotopic (exact) mass is 401 g/mol. The molecule has 5 rings (SSSR count). The van der Waals surface area contributed by atoms with Crippen molar-refractivity contribution in [1.29, 1.82) is 0 Å². The highest BCUT2D eigenvalue weighted by atomic mass is 16.6. The molecule has 30 heavy (non-hydrogen) atoms. The summed E-state index contributed by atoms with van der Waals surface area (Å²) in [6.45, 7) is 0. The number of nitrogens with zero attached hydrogens (tertiary/aromatic N) is 3. The van der Waals surface area contributed by atoms with E-state index in [0.29, 0.717) is 12.2 Å². The third-order valence-electron chi connectivity index (χ3n) is 5.49. The number of fused-ring (bicyclic) bond motifs is 3. The Kier molecular flexibility index (Phi) is 4.35. The van der Waals surface area contributed by atoms with Crippen LogP contribution in [0.2, 0.25) is 0 Å². The largest absolute Gasteiger partial charge is 0.497 e. The molecule has 0 fully saturated rings. The van der Waals surface area contributed by atoms with Crippen LogP contribution in [0.1, 0.15) is 35.4 Å². The fourth-order valence-corrected chi connectivity index (χ4v) is 3.98. The van der Waals surface area contributed by atoms with Crippen LogP contribution in [0.4, 0.5) is 5.69 Å². The molecule has 150 valence electrons. The molecule has 0 aromatic heterocycles. The van der Waals surface area contributed by atoms with Crippen molar-refractivity contribution in [3.05, 3.63) is 99.6 Å². The van der Waals surface area contributed by atoms with E-state index in [-0.39, 0.29) is 16.7 Å². The molecular formula is C23H19N3O4. The summed E-state index contributed by atoms with van der Waals surface area (Å²) >= 11 is 0. The topological polar surface area (TPSA) is 77.2 Å². The number of hydrogen-bond donors (Lipinski definition) is 0. The van der Waals surface area contributed by atoms with Crippen molar-refractivity contribution in [2.75, 3.05) is 7.11 Å². The number of nitro groups is 1. The average Bonchev–Trinajstić information content (AvgIpc) is 3.24. The molecule has 0 saturated heterocycles. The molecule has 3 aromatic carbocycles. The molecule has 0 saturated carbocycles. The second-order valence-electron chi connectivity index (χ2n) is 7.24. The number of methoxy groups -OCH3 is 1. The number of hydrogen-bond acceptors (Lipinski definition) is 6. The third kappa shape index (κ3) is 3.04. The van der Waals surface area contributed by atoms with Crippen molar-refractivity contribution in [1.82, 2.24) is 5.01 Å². The Bertz CT molecular complexity index is 1130. The van der Waals surface area contributed by atoms with E-state index in [1.165, 1.54) is 6.07 Å². The molecule has 2 aliphatic rings. The van der Waals surface area contributed by atoms with Gasteiger partial charge >= 0.3 is 0 Å². The molecular weight excluding hydrogens is 382 g/mol. The zero-order valence-electron chi connectivity index (χ0n) is 16.3. The normalized spacial score (nSPS) is 19.4. The second kappa shape index (κ2) is 7.18. The Morgan fingerprint density at radius 1 is 1.10 bits per heavy atom. The molecule has 0 unspecified atom stereocenters. The van der Waals surface area contributed by atoms with Crippen molar-refractivity contribution in [2.24, 2.45) is 5.10 Å². The summed E-state index contributed by atoms with van der Waals surface area (Å²) in [6, 6.07) is 22.3. The highest BCUT2D eigenvalue weighted by Crippen LogP contribution is 2.48. The number of benzene rings is 3. The first-order valence-electron chi connectivity index (χ1n) is 9.64. The van der Waals surface area contributed by atoms with E-state index in [2.05, 4.69) is 0 Å². The lowest BCUT2D eigenvalue weighted by molar-refractivity contribution is -0.385. The van der Waals surface area contributed by atoms with Crippen molar-refractivity contribution in [3.63, 3.8) is 0 Å². The standard InChI is InChI=1S/C23H19N3O4/c1-29-18-10-7-15(8-11-18)20-14-21-19-13-17(26(27)28)9-12-22(19)30-23(25(21)24-20)16-5-3-2-4-6-16/h2-13,21,23H,14H2,1H3/t21-,23+/m1/s1. The van der Waals surface area contributed by atoms with Gasteiger partial charge in [-0.25, -0.2) is 5.01 Å². The van der Waals surface area contributed by atoms with Crippen molar-refractivity contribution < 1.29 is 14.4 Å². The van der Waals surface area contributed by atoms with E-state index in [9.17, 15) is 10.1 Å². The van der Waals surface area contributed by atoms with Crippen molar-refractivity contribution in [2.45, 2.75) is 18.7 Å². The fourth-order valence-electron chi connectivity index (χ4n) is 3.98. The first-order valence-corrected chi connectivity index (χ1v) is 9.64. The van der Waals surface area contributed by atoms with Gasteiger partial charge in [-0.3, -0.25) is 10.1 Å². The van der Waals surface area contributed by atoms with Gasteiger partial charge in [0.2, 0.25) is 6.23 Å². The molecule has 2 atom stereocenters. The smallest absolute Gasteiger partial charge is 0.270 e. The van der Waals surface area contributed by atoms with E-state index >= 15 is 0 Å². The lowest BCUT2D eigenvalue weighted by Crippen LogP contribution is -2.33. The van der Waals surface area contributed by atoms with Gasteiger partial charge in [0, 0.05) is 29.7 Å². The quantitative estimate of drug-likeness (QED) is 0.462. The van der Waals surface area contributed by atoms with Gasteiger partial charge in [-0.05, 0) is 35.9 Å². The van der Waals surface area contributed by atoms with Gasteiger partial charge in [-0.15, -0.1) is 0 Å². The minimum atomic E-state index is -0.402. The van der Waals surface area contributed by atoms with E-state index in [0.717, 1.165) is 28.2 Å². The molecule has 0 amide bonds. The Balaban J connectivity index is 1.58. The Hall–Kier alpha value is -3.87. The van der Waals surface area contributed by atoms with Crippen LogP contribution >= 0.6 is 0 Å². The zero-order chi connectivity index (χ0) is 20.7. The minimum absolute atomic E-state index is 0.0494. The predicted octanol–water partition coefficient (Wildman–Crippen LogP) is 4.85. The molecule has 0 bridgehead atoms. The SMILES string of the molecule is COc1ccc(C2=NN3[C@H](C2)c2cc([N+](=O)[O-])ccc2O[C@H]3c2ccccc2)cc1. The Morgan fingerprint density at radius 2 is 1.87 bits per heavy atom. The summed E-state index contributed by atoms with van der Waals surface area (Å²) < 4.78 is 11.5. The van der Waals surface area contributed by atoms with Crippen LogP contribution in [0.15, 0.2) is 77.9 Å². The van der Waals surface area contributed by atoms with E-state index in [4.69, 9.17) is 14.6 Å². The summed E-state index contributed by atoms with van der Waals surface area (Å²) in [5.74, 6) is 1.43. The van der Waals surface area contributed by atoms with Crippen LogP contribution in [0.3, 0.4) is 0 Å². The lowest BCUT2D eigenvalue weighted by Gasteiger charge is -2.38. The summed E-state index contributed by atoms with van der Waals surface area (Å²) in [5, 5.41) is 18.1. The number of ether oxygens (including phenoxy) is 2. The van der Waals surface area contributed by atoms with Gasteiger partial charge in [0.15, 0.2) is 0 Å². The van der Waals surface area contributed by atoms with Crippen LogP contribution in [-0.2, 0) is 0 Å². The molecule has 2 heterocycles. The van der Waals surface area contributed by atoms with Gasteiger partial charge in [-0.1, -0.05) is 30.3 Å². The highest BCUT2D eigenvalue weighted by molar-refractivity contribution is 6.02. The summed E-state index contributed by atoms with van der Waals surface area (Å²) in [7, 11) is 1.63. The van der Waals surface area contributed by atoms with Gasteiger partial charge in [0.1, 0.15) is 11.5 Å². The number of rotatable bonds is 4. The van der Waals surface area contributed by atoms with Gasteiger partial charge in [0.25, 0.3) is 5.69 Å². The Morgan fingerprint density at radius 3 is 2.57 bits per heavy atom. The summed E-state index contributed by atoms with van der Waals surface area (Å²) in [6.07, 6.45) is 0.230. The van der Waals surface area contributed by atoms with Crippen LogP contribution < -0.4 is 9.47 Å². The Labute approximate surface area is 173 Å². The van der Waals surface area contributed by atoms with Crippen LogP contribution in [-0.4, -0.2) is 22.8 Å². The molecule has 0 N–H and O–H groups in total. The first kappa shape index (κ1) is 18.2. The fraction of sp³-hybridized carbons (Fsp3) is 0.174. The summed E-state index contributed by atoms with van der Waals surface area (Å²) in [5.41, 5.74) is 3.71. The second-order valence-corrected chi connectivity index (χ2v) is 7.24. The third-order valence-corrected chi connectivity index (χ3v) is 5.49. The number of non-ortho nitro benzene ring substituents is 1. The molecule has 2 aliphatic heterocycles. The van der Waals surface area contributed by atoms with E-state index < -0.39 is 6.23 Å². The zero-order valence-corrected chi connectivity index (χ0v) is 16.3. The maximum atomic E-state index is 11.3. The molecule has 7 nitrogen and oxygen atoms in total. The van der Waals surface area contributed by atoms with Crippen LogP contribution in [0, 0.1) is 10.1 Å². The van der Waals surface area contributed by atoms with Crippen molar-refractivity contribution in [3.8, 4) is 11.5 Å². The molecule has 0 radical (unpaired) electrons. The summed E-state index contributed by atoms with van der Waals surface area (Å²) in [4.78, 5) is 10.9. The van der Waals surface area contributed by atoms with Gasteiger partial charge in [-0.2, -0.15) is 5.10 Å².